The summed E-state index contributed by atoms with van der Waals surface area (Å²) in [6.45, 7) is 1.87. The summed E-state index contributed by atoms with van der Waals surface area (Å²) in [6.07, 6.45) is 0. The van der Waals surface area contributed by atoms with Gasteiger partial charge in [-0.25, -0.2) is 0 Å². The monoisotopic (exact) mass is 312 g/mol. The van der Waals surface area contributed by atoms with Gasteiger partial charge in [0.25, 0.3) is 0 Å². The minimum atomic E-state index is -0.171. The molecule has 0 bridgehead atoms. The summed E-state index contributed by atoms with van der Waals surface area (Å²) in [5.74, 6) is -0.0554. The Morgan fingerprint density at radius 1 is 1.47 bits per heavy atom. The number of hydrogen-bond donors (Lipinski definition) is 2. The second kappa shape index (κ2) is 6.32. The van der Waals surface area contributed by atoms with E-state index in [-0.39, 0.29) is 11.2 Å². The molecule has 6 heteroatoms. The third kappa shape index (κ3) is 3.89. The summed E-state index contributed by atoms with van der Waals surface area (Å²) < 4.78 is 1.12. The van der Waals surface area contributed by atoms with Crippen molar-refractivity contribution in [3.8, 4) is 0 Å². The van der Waals surface area contributed by atoms with Crippen LogP contribution in [0.5, 0.6) is 0 Å². The fourth-order valence-corrected chi connectivity index (χ4v) is 3.48. The zero-order valence-corrected chi connectivity index (χ0v) is 12.6. The molecule has 1 aromatic carbocycles. The van der Waals surface area contributed by atoms with Gasteiger partial charge in [0.1, 0.15) is 0 Å². The van der Waals surface area contributed by atoms with Gasteiger partial charge in [-0.1, -0.05) is 17.7 Å². The quantitative estimate of drug-likeness (QED) is 0.660. The molecule has 1 unspecified atom stereocenters. The third-order valence-corrected chi connectivity index (χ3v) is 4.94. The fraction of sp³-hybridized carbons (Fsp3) is 0.154. The Morgan fingerprint density at radius 2 is 2.26 bits per heavy atom. The number of benzene rings is 1. The van der Waals surface area contributed by atoms with Gasteiger partial charge in [-0.2, -0.15) is 0 Å². The molecule has 0 saturated heterocycles. The summed E-state index contributed by atoms with van der Waals surface area (Å²) in [5.41, 5.74) is 6.81. The molecule has 0 fully saturated rings. The van der Waals surface area contributed by atoms with Gasteiger partial charge in [0, 0.05) is 5.69 Å². The number of hydrogen-bond acceptors (Lipinski definition) is 4. The topological polar surface area (TPSA) is 55.1 Å². The number of nitrogen functional groups attached to an aromatic ring is 1. The number of thioether (sulfide) groups is 1. The minimum absolute atomic E-state index is 0.0554. The van der Waals surface area contributed by atoms with E-state index in [1.165, 1.54) is 11.8 Å². The molecule has 0 aliphatic carbocycles. The first kappa shape index (κ1) is 14.2. The molecule has 0 saturated carbocycles. The highest BCUT2D eigenvalue weighted by Crippen LogP contribution is 2.29. The summed E-state index contributed by atoms with van der Waals surface area (Å²) in [7, 11) is 0. The van der Waals surface area contributed by atoms with Crippen molar-refractivity contribution < 1.29 is 4.79 Å². The molecule has 1 atom stereocenters. The lowest BCUT2D eigenvalue weighted by atomic mass is 10.2. The van der Waals surface area contributed by atoms with Crippen LogP contribution in [0, 0.1) is 0 Å². The molecule has 0 aliphatic heterocycles. The average Bonchev–Trinajstić information content (AvgIpc) is 2.86. The molecule has 19 heavy (non-hydrogen) atoms. The van der Waals surface area contributed by atoms with Crippen LogP contribution in [-0.4, -0.2) is 11.2 Å². The number of rotatable bonds is 4. The van der Waals surface area contributed by atoms with E-state index >= 15 is 0 Å². The smallest absolute Gasteiger partial charge is 0.237 e. The van der Waals surface area contributed by atoms with Crippen LogP contribution >= 0.6 is 34.7 Å². The van der Waals surface area contributed by atoms with Crippen LogP contribution in [0.3, 0.4) is 0 Å². The normalized spacial score (nSPS) is 12.1. The van der Waals surface area contributed by atoms with Crippen molar-refractivity contribution in [2.75, 3.05) is 11.1 Å². The van der Waals surface area contributed by atoms with Gasteiger partial charge in [-0.3, -0.25) is 4.79 Å². The number of anilines is 2. The van der Waals surface area contributed by atoms with Gasteiger partial charge in [0.05, 0.1) is 20.2 Å². The second-order valence-electron chi connectivity index (χ2n) is 3.92. The first-order valence-corrected chi connectivity index (χ1v) is 7.76. The average molecular weight is 313 g/mol. The molecule has 1 heterocycles. The van der Waals surface area contributed by atoms with Crippen LogP contribution in [-0.2, 0) is 4.79 Å². The maximum Gasteiger partial charge on any atom is 0.237 e. The molecular formula is C13H13ClN2OS2. The van der Waals surface area contributed by atoms with Crippen LogP contribution in [0.2, 0.25) is 5.02 Å². The van der Waals surface area contributed by atoms with Crippen molar-refractivity contribution in [1.29, 1.82) is 0 Å². The number of halogens is 1. The van der Waals surface area contributed by atoms with E-state index in [2.05, 4.69) is 5.32 Å². The van der Waals surface area contributed by atoms with Gasteiger partial charge >= 0.3 is 0 Å². The molecule has 0 aliphatic rings. The predicted octanol–water partition coefficient (Wildman–Crippen LogP) is 4.10. The molecule has 2 aromatic rings. The Hall–Kier alpha value is -1.17. The van der Waals surface area contributed by atoms with Crippen LogP contribution in [0.4, 0.5) is 11.4 Å². The molecule has 100 valence electrons. The van der Waals surface area contributed by atoms with Gasteiger partial charge in [-0.05, 0) is 36.6 Å². The molecular weight excluding hydrogens is 300 g/mol. The standard InChI is InChI=1S/C13H13ClN2OS2/c1-8(19-12-3-2-6-18-12)13(17)16-9-4-5-10(14)11(15)7-9/h2-8H,15H2,1H3,(H,16,17). The zero-order chi connectivity index (χ0) is 13.8. The SMILES string of the molecule is CC(Sc1cccs1)C(=O)Nc1ccc(Cl)c(N)c1. The van der Waals surface area contributed by atoms with Crippen molar-refractivity contribution in [3.05, 3.63) is 40.7 Å². The Balaban J connectivity index is 1.98. The summed E-state index contributed by atoms with van der Waals surface area (Å²) in [5, 5.41) is 5.14. The van der Waals surface area contributed by atoms with Crippen LogP contribution < -0.4 is 11.1 Å². The van der Waals surface area contributed by atoms with E-state index in [0.29, 0.717) is 16.4 Å². The minimum Gasteiger partial charge on any atom is -0.397 e. The highest BCUT2D eigenvalue weighted by molar-refractivity contribution is 8.02. The summed E-state index contributed by atoms with van der Waals surface area (Å²) in [6, 6.07) is 9.03. The Morgan fingerprint density at radius 3 is 2.89 bits per heavy atom. The molecule has 1 amide bonds. The number of carbonyl (C=O) groups is 1. The van der Waals surface area contributed by atoms with Crippen molar-refractivity contribution in [2.24, 2.45) is 0 Å². The molecule has 3 N–H and O–H groups in total. The van der Waals surface area contributed by atoms with E-state index in [1.54, 1.807) is 29.5 Å². The van der Waals surface area contributed by atoms with Crippen LogP contribution in [0.1, 0.15) is 6.92 Å². The second-order valence-corrected chi connectivity index (χ2v) is 6.91. The molecule has 3 nitrogen and oxygen atoms in total. The number of nitrogens with one attached hydrogen (secondary N) is 1. The highest BCUT2D eigenvalue weighted by atomic mass is 35.5. The van der Waals surface area contributed by atoms with E-state index in [1.807, 2.05) is 24.4 Å². The Labute approximate surface area is 125 Å². The Kier molecular flexibility index (Phi) is 4.74. The van der Waals surface area contributed by atoms with Crippen LogP contribution in [0.25, 0.3) is 0 Å². The lowest BCUT2D eigenvalue weighted by molar-refractivity contribution is -0.115. The molecule has 1 aromatic heterocycles. The molecule has 0 spiro atoms. The first-order chi connectivity index (χ1) is 9.06. The van der Waals surface area contributed by atoms with Gasteiger partial charge < -0.3 is 11.1 Å². The number of nitrogens with two attached hydrogens (primary N) is 1. The van der Waals surface area contributed by atoms with Gasteiger partial charge in [-0.15, -0.1) is 23.1 Å². The lowest BCUT2D eigenvalue weighted by Gasteiger charge is -2.11. The maximum atomic E-state index is 12.0. The van der Waals surface area contributed by atoms with Gasteiger partial charge in [0.2, 0.25) is 5.91 Å². The van der Waals surface area contributed by atoms with Crippen LogP contribution in [0.15, 0.2) is 39.9 Å². The van der Waals surface area contributed by atoms with E-state index in [0.717, 1.165) is 4.21 Å². The number of carbonyl (C=O) groups excluding carboxylic acids is 1. The van der Waals surface area contributed by atoms with Crippen molar-refractivity contribution in [1.82, 2.24) is 0 Å². The lowest BCUT2D eigenvalue weighted by Crippen LogP contribution is -2.22. The maximum absolute atomic E-state index is 12.0. The molecule has 0 radical (unpaired) electrons. The third-order valence-electron chi connectivity index (χ3n) is 2.42. The first-order valence-electron chi connectivity index (χ1n) is 5.62. The van der Waals surface area contributed by atoms with E-state index < -0.39 is 0 Å². The van der Waals surface area contributed by atoms with Gasteiger partial charge in [0.15, 0.2) is 0 Å². The fourth-order valence-electron chi connectivity index (χ4n) is 1.42. The number of amides is 1. The van der Waals surface area contributed by atoms with E-state index in [9.17, 15) is 4.79 Å². The molecule has 2 rings (SSSR count). The van der Waals surface area contributed by atoms with E-state index in [4.69, 9.17) is 17.3 Å². The van der Waals surface area contributed by atoms with Crippen molar-refractivity contribution in [3.63, 3.8) is 0 Å². The van der Waals surface area contributed by atoms with Crippen molar-refractivity contribution in [2.45, 2.75) is 16.4 Å². The van der Waals surface area contributed by atoms with Crippen molar-refractivity contribution >= 4 is 52.0 Å². The highest BCUT2D eigenvalue weighted by Gasteiger charge is 2.15. The zero-order valence-electron chi connectivity index (χ0n) is 10.2. The largest absolute Gasteiger partial charge is 0.397 e. The predicted molar refractivity (Wildman–Crippen MR) is 84.1 cm³/mol. The Bertz CT molecular complexity index is 572. The summed E-state index contributed by atoms with van der Waals surface area (Å²) in [4.78, 5) is 12.0. The summed E-state index contributed by atoms with van der Waals surface area (Å²) >= 11 is 8.99. The number of thiophene rings is 1.